The number of phosphoric acid groups is 1. The average molecular weight is 507 g/mol. The molecule has 3 aromatic carbocycles. The lowest BCUT2D eigenvalue weighted by atomic mass is 9.88. The number of carbonyl (C=O) groups excluding carboxylic acids is 1. The van der Waals surface area contributed by atoms with Gasteiger partial charge in [-0.3, -0.25) is 9.79 Å². The van der Waals surface area contributed by atoms with E-state index in [2.05, 4.69) is 19.1 Å². The summed E-state index contributed by atoms with van der Waals surface area (Å²) in [7, 11) is -4.64. The van der Waals surface area contributed by atoms with Crippen LogP contribution in [0.25, 0.3) is 17.2 Å². The molecule has 6 nitrogen and oxygen atoms in total. The van der Waals surface area contributed by atoms with Crippen molar-refractivity contribution in [2.75, 3.05) is 0 Å². The van der Waals surface area contributed by atoms with E-state index >= 15 is 0 Å². The zero-order valence-corrected chi connectivity index (χ0v) is 21.7. The molecule has 0 amide bonds. The Bertz CT molecular complexity index is 1280. The van der Waals surface area contributed by atoms with Crippen molar-refractivity contribution in [1.29, 1.82) is 0 Å². The van der Waals surface area contributed by atoms with E-state index in [1.165, 1.54) is 6.08 Å². The van der Waals surface area contributed by atoms with Crippen molar-refractivity contribution in [3.05, 3.63) is 107 Å². The monoisotopic (exact) mass is 506 g/mol. The minimum absolute atomic E-state index is 0.0896. The molecule has 3 aromatic rings. The SMILES string of the molecule is CC/C(=C(\c1ccc(/C=C/C(=O)OC(C)(C)C)cc1)c1ccc(OP(=O)(O)O)cc1)c1ccccc1. The van der Waals surface area contributed by atoms with E-state index in [1.54, 1.807) is 30.3 Å². The second-order valence-electron chi connectivity index (χ2n) is 9.17. The van der Waals surface area contributed by atoms with Crippen LogP contribution in [0.15, 0.2) is 84.9 Å². The fraction of sp³-hybridized carbons (Fsp3) is 0.207. The molecule has 0 aliphatic rings. The molecule has 0 aromatic heterocycles. The van der Waals surface area contributed by atoms with Gasteiger partial charge in [-0.2, -0.15) is 0 Å². The first-order chi connectivity index (χ1) is 16.9. The Hall–Kier alpha value is -3.44. The van der Waals surface area contributed by atoms with Crippen LogP contribution in [0.2, 0.25) is 0 Å². The zero-order chi connectivity index (χ0) is 26.3. The van der Waals surface area contributed by atoms with Crippen molar-refractivity contribution in [3.63, 3.8) is 0 Å². The molecule has 2 N–H and O–H groups in total. The lowest BCUT2D eigenvalue weighted by molar-refractivity contribution is -0.148. The number of rotatable bonds is 8. The fourth-order valence-electron chi connectivity index (χ4n) is 3.76. The summed E-state index contributed by atoms with van der Waals surface area (Å²) in [5.74, 6) is -0.311. The third kappa shape index (κ3) is 8.06. The van der Waals surface area contributed by atoms with Crippen LogP contribution in [0.1, 0.15) is 56.4 Å². The molecule has 7 heteroatoms. The molecule has 0 saturated heterocycles. The molecule has 0 bridgehead atoms. The van der Waals surface area contributed by atoms with Crippen LogP contribution in [0.3, 0.4) is 0 Å². The molecule has 0 saturated carbocycles. The third-order valence-electron chi connectivity index (χ3n) is 5.16. The lowest BCUT2D eigenvalue weighted by Gasteiger charge is -2.18. The summed E-state index contributed by atoms with van der Waals surface area (Å²) in [6.45, 7) is 7.56. The Morgan fingerprint density at radius 1 is 0.861 bits per heavy atom. The summed E-state index contributed by atoms with van der Waals surface area (Å²) < 4.78 is 21.2. The highest BCUT2D eigenvalue weighted by Gasteiger charge is 2.17. The minimum Gasteiger partial charge on any atom is -0.457 e. The number of allylic oxidation sites excluding steroid dienone is 1. The van der Waals surface area contributed by atoms with E-state index in [0.29, 0.717) is 0 Å². The highest BCUT2D eigenvalue weighted by atomic mass is 31.2. The topological polar surface area (TPSA) is 93.1 Å². The van der Waals surface area contributed by atoms with Crippen LogP contribution in [-0.4, -0.2) is 21.4 Å². The maximum absolute atomic E-state index is 12.0. The molecule has 0 fully saturated rings. The molecule has 188 valence electrons. The number of carbonyl (C=O) groups is 1. The second kappa shape index (κ2) is 11.5. The first-order valence-electron chi connectivity index (χ1n) is 11.6. The summed E-state index contributed by atoms with van der Waals surface area (Å²) in [6.07, 6.45) is 3.89. The van der Waals surface area contributed by atoms with Gasteiger partial charge in [0.05, 0.1) is 0 Å². The summed E-state index contributed by atoms with van der Waals surface area (Å²) >= 11 is 0. The summed E-state index contributed by atoms with van der Waals surface area (Å²) in [6, 6.07) is 24.6. The van der Waals surface area contributed by atoms with Crippen molar-refractivity contribution in [3.8, 4) is 5.75 Å². The van der Waals surface area contributed by atoms with Crippen molar-refractivity contribution in [2.24, 2.45) is 0 Å². The Balaban J connectivity index is 2.01. The summed E-state index contributed by atoms with van der Waals surface area (Å²) in [5, 5.41) is 0. The highest BCUT2D eigenvalue weighted by molar-refractivity contribution is 7.46. The van der Waals surface area contributed by atoms with Gasteiger partial charge in [0.15, 0.2) is 0 Å². The highest BCUT2D eigenvalue weighted by Crippen LogP contribution is 2.39. The van der Waals surface area contributed by atoms with Crippen LogP contribution in [-0.2, 0) is 14.1 Å². The van der Waals surface area contributed by atoms with Gasteiger partial charge in [0.1, 0.15) is 11.4 Å². The molecule has 0 radical (unpaired) electrons. The van der Waals surface area contributed by atoms with Crippen LogP contribution >= 0.6 is 7.82 Å². The van der Waals surface area contributed by atoms with E-state index in [-0.39, 0.29) is 5.75 Å². The Labute approximate surface area is 212 Å². The smallest absolute Gasteiger partial charge is 0.457 e. The predicted molar refractivity (Wildman–Crippen MR) is 143 cm³/mol. The molecule has 0 aliphatic heterocycles. The van der Waals surface area contributed by atoms with Crippen molar-refractivity contribution >= 4 is 31.0 Å². The van der Waals surface area contributed by atoms with Gasteiger partial charge >= 0.3 is 13.8 Å². The summed E-state index contributed by atoms with van der Waals surface area (Å²) in [4.78, 5) is 30.2. The molecule has 0 spiro atoms. The predicted octanol–water partition coefficient (Wildman–Crippen LogP) is 6.88. The average Bonchev–Trinajstić information content (AvgIpc) is 2.81. The Morgan fingerprint density at radius 2 is 1.42 bits per heavy atom. The van der Waals surface area contributed by atoms with E-state index in [9.17, 15) is 9.36 Å². The van der Waals surface area contributed by atoms with Crippen molar-refractivity contribution < 1.29 is 28.4 Å². The van der Waals surface area contributed by atoms with Crippen LogP contribution in [0.5, 0.6) is 5.75 Å². The van der Waals surface area contributed by atoms with E-state index in [4.69, 9.17) is 19.0 Å². The van der Waals surface area contributed by atoms with Gasteiger partial charge in [0, 0.05) is 6.08 Å². The lowest BCUT2D eigenvalue weighted by Crippen LogP contribution is -2.22. The largest absolute Gasteiger partial charge is 0.524 e. The summed E-state index contributed by atoms with van der Waals surface area (Å²) in [5.41, 5.74) is 5.35. The van der Waals surface area contributed by atoms with E-state index in [0.717, 1.165) is 39.8 Å². The molecule has 0 aliphatic carbocycles. The molecule has 0 heterocycles. The van der Waals surface area contributed by atoms with Gasteiger partial charge in [0.2, 0.25) is 0 Å². The third-order valence-corrected chi connectivity index (χ3v) is 5.61. The van der Waals surface area contributed by atoms with Crippen LogP contribution in [0, 0.1) is 0 Å². The van der Waals surface area contributed by atoms with Crippen molar-refractivity contribution in [2.45, 2.75) is 39.7 Å². The molecule has 36 heavy (non-hydrogen) atoms. The van der Waals surface area contributed by atoms with Gasteiger partial charge in [-0.25, -0.2) is 9.36 Å². The Morgan fingerprint density at radius 3 is 1.92 bits per heavy atom. The van der Waals surface area contributed by atoms with Gasteiger partial charge in [-0.15, -0.1) is 0 Å². The number of hydrogen-bond acceptors (Lipinski definition) is 4. The maximum Gasteiger partial charge on any atom is 0.524 e. The van der Waals surface area contributed by atoms with E-state index in [1.807, 2.05) is 63.2 Å². The second-order valence-corrected chi connectivity index (χ2v) is 10.3. The zero-order valence-electron chi connectivity index (χ0n) is 20.8. The van der Waals surface area contributed by atoms with Gasteiger partial charge in [-0.05, 0) is 78.8 Å². The molecule has 3 rings (SSSR count). The Kier molecular flexibility index (Phi) is 8.70. The number of hydrogen-bond donors (Lipinski definition) is 2. The van der Waals surface area contributed by atoms with Gasteiger partial charge in [-0.1, -0.05) is 73.7 Å². The molecular weight excluding hydrogens is 475 g/mol. The quantitative estimate of drug-likeness (QED) is 0.150. The normalized spacial score (nSPS) is 12.8. The standard InChI is InChI=1S/C29H31O6P/c1-5-26(22-9-7-6-8-10-22)28(24-16-18-25(19-17-24)35-36(31,32)33)23-14-11-21(12-15-23)13-20-27(30)34-29(2,3)4/h6-20H,5H2,1-4H3,(H2,31,32,33)/b20-13+,28-26-. The van der Waals surface area contributed by atoms with Crippen molar-refractivity contribution in [1.82, 2.24) is 0 Å². The van der Waals surface area contributed by atoms with Crippen LogP contribution < -0.4 is 4.52 Å². The number of esters is 1. The van der Waals surface area contributed by atoms with Gasteiger partial charge < -0.3 is 9.26 Å². The fourth-order valence-corrected chi connectivity index (χ4v) is 4.16. The number of phosphoric ester groups is 1. The molecule has 0 unspecified atom stereocenters. The molecule has 0 atom stereocenters. The maximum atomic E-state index is 12.0. The number of ether oxygens (including phenoxy) is 1. The first kappa shape index (κ1) is 27.2. The minimum atomic E-state index is -4.64. The van der Waals surface area contributed by atoms with Gasteiger partial charge in [0.25, 0.3) is 0 Å². The number of benzene rings is 3. The van der Waals surface area contributed by atoms with E-state index < -0.39 is 19.4 Å². The molecular formula is C29H31O6P. The first-order valence-corrected chi connectivity index (χ1v) is 13.1. The van der Waals surface area contributed by atoms with Crippen LogP contribution in [0.4, 0.5) is 0 Å².